The predicted molar refractivity (Wildman–Crippen MR) is 59.6 cm³/mol. The SMILES string of the molecule is COC(=O)Nc1ccc2c(c1)CC(=O)N2C. The zero-order valence-corrected chi connectivity index (χ0v) is 9.11. The minimum Gasteiger partial charge on any atom is -0.453 e. The highest BCUT2D eigenvalue weighted by Crippen LogP contribution is 2.29. The van der Waals surface area contributed by atoms with Gasteiger partial charge in [-0.15, -0.1) is 0 Å². The van der Waals surface area contributed by atoms with Gasteiger partial charge in [0, 0.05) is 18.4 Å². The number of hydrogen-bond donors (Lipinski definition) is 1. The monoisotopic (exact) mass is 220 g/mol. The number of hydrogen-bond acceptors (Lipinski definition) is 3. The molecule has 0 fully saturated rings. The first-order valence-corrected chi connectivity index (χ1v) is 4.86. The number of methoxy groups -OCH3 is 1. The van der Waals surface area contributed by atoms with Crippen LogP contribution < -0.4 is 10.2 Å². The number of ether oxygens (including phenoxy) is 1. The maximum absolute atomic E-state index is 11.4. The van der Waals surface area contributed by atoms with E-state index in [4.69, 9.17) is 0 Å². The summed E-state index contributed by atoms with van der Waals surface area (Å²) in [5.41, 5.74) is 2.44. The highest BCUT2D eigenvalue weighted by Gasteiger charge is 2.23. The summed E-state index contributed by atoms with van der Waals surface area (Å²) in [5.74, 6) is 0.0604. The Bertz CT molecular complexity index is 457. The highest BCUT2D eigenvalue weighted by atomic mass is 16.5. The highest BCUT2D eigenvalue weighted by molar-refractivity contribution is 6.01. The molecule has 0 saturated carbocycles. The summed E-state index contributed by atoms with van der Waals surface area (Å²) in [5, 5.41) is 2.56. The van der Waals surface area contributed by atoms with Crippen molar-refractivity contribution in [1.29, 1.82) is 0 Å². The molecule has 5 nitrogen and oxygen atoms in total. The molecule has 1 heterocycles. The number of carbonyl (C=O) groups is 2. The summed E-state index contributed by atoms with van der Waals surface area (Å²) < 4.78 is 4.49. The Balaban J connectivity index is 2.25. The third-order valence-electron chi connectivity index (χ3n) is 2.59. The number of nitrogens with zero attached hydrogens (tertiary/aromatic N) is 1. The molecule has 2 amide bonds. The predicted octanol–water partition coefficient (Wildman–Crippen LogP) is 1.38. The van der Waals surface area contributed by atoms with Gasteiger partial charge in [-0.05, 0) is 23.8 Å². The Morgan fingerprint density at radius 1 is 1.50 bits per heavy atom. The van der Waals surface area contributed by atoms with Crippen LogP contribution in [0.2, 0.25) is 0 Å². The van der Waals surface area contributed by atoms with Crippen molar-refractivity contribution >= 4 is 23.4 Å². The summed E-state index contributed by atoms with van der Waals surface area (Å²) in [7, 11) is 3.04. The van der Waals surface area contributed by atoms with Crippen molar-refractivity contribution in [2.45, 2.75) is 6.42 Å². The van der Waals surface area contributed by atoms with Crippen LogP contribution in [0.25, 0.3) is 0 Å². The molecule has 1 aromatic rings. The van der Waals surface area contributed by atoms with Crippen molar-refractivity contribution in [3.63, 3.8) is 0 Å². The van der Waals surface area contributed by atoms with Gasteiger partial charge in [0.2, 0.25) is 5.91 Å². The number of carbonyl (C=O) groups excluding carboxylic acids is 2. The molecular formula is C11H12N2O3. The molecule has 0 saturated heterocycles. The molecule has 5 heteroatoms. The molecule has 1 aliphatic rings. The number of fused-ring (bicyclic) bond motifs is 1. The lowest BCUT2D eigenvalue weighted by Gasteiger charge is -2.10. The molecule has 0 radical (unpaired) electrons. The first kappa shape index (κ1) is 10.5. The topological polar surface area (TPSA) is 58.6 Å². The summed E-state index contributed by atoms with van der Waals surface area (Å²) in [6, 6.07) is 5.34. The molecule has 2 rings (SSSR count). The van der Waals surface area contributed by atoms with Gasteiger partial charge < -0.3 is 9.64 Å². The molecule has 0 spiro atoms. The first-order chi connectivity index (χ1) is 7.61. The van der Waals surface area contributed by atoms with Gasteiger partial charge >= 0.3 is 6.09 Å². The van der Waals surface area contributed by atoms with Gasteiger partial charge in [0.05, 0.1) is 13.5 Å². The Kier molecular flexibility index (Phi) is 2.52. The molecule has 0 atom stereocenters. The van der Waals surface area contributed by atoms with Crippen LogP contribution in [0, 0.1) is 0 Å². The largest absolute Gasteiger partial charge is 0.453 e. The Hall–Kier alpha value is -2.04. The van der Waals surface area contributed by atoms with E-state index in [0.29, 0.717) is 12.1 Å². The van der Waals surface area contributed by atoms with Gasteiger partial charge in [0.25, 0.3) is 0 Å². The fraction of sp³-hybridized carbons (Fsp3) is 0.273. The normalized spacial score (nSPS) is 13.6. The minimum atomic E-state index is -0.516. The summed E-state index contributed by atoms with van der Waals surface area (Å²) >= 11 is 0. The summed E-state index contributed by atoms with van der Waals surface area (Å²) in [6.45, 7) is 0. The van der Waals surface area contributed by atoms with Crippen LogP contribution in [0.1, 0.15) is 5.56 Å². The molecule has 0 unspecified atom stereocenters. The number of anilines is 2. The quantitative estimate of drug-likeness (QED) is 0.777. The van der Waals surface area contributed by atoms with E-state index in [1.54, 1.807) is 24.1 Å². The lowest BCUT2D eigenvalue weighted by Crippen LogP contribution is -2.20. The minimum absolute atomic E-state index is 0.0604. The van der Waals surface area contributed by atoms with Crippen molar-refractivity contribution in [3.05, 3.63) is 23.8 Å². The third-order valence-corrected chi connectivity index (χ3v) is 2.59. The Labute approximate surface area is 93.0 Å². The lowest BCUT2D eigenvalue weighted by molar-refractivity contribution is -0.117. The van der Waals surface area contributed by atoms with Crippen molar-refractivity contribution in [3.8, 4) is 0 Å². The van der Waals surface area contributed by atoms with Crippen LogP contribution in [0.5, 0.6) is 0 Å². The summed E-state index contributed by atoms with van der Waals surface area (Å²) in [4.78, 5) is 24.0. The van der Waals surface area contributed by atoms with E-state index in [9.17, 15) is 9.59 Å². The second-order valence-electron chi connectivity index (χ2n) is 3.59. The van der Waals surface area contributed by atoms with Crippen LogP contribution >= 0.6 is 0 Å². The molecular weight excluding hydrogens is 208 g/mol. The molecule has 0 bridgehead atoms. The van der Waals surface area contributed by atoms with E-state index < -0.39 is 6.09 Å². The molecule has 1 aromatic carbocycles. The molecule has 1 N–H and O–H groups in total. The van der Waals surface area contributed by atoms with Crippen molar-refractivity contribution < 1.29 is 14.3 Å². The van der Waals surface area contributed by atoms with Gasteiger partial charge in [-0.25, -0.2) is 4.79 Å². The average molecular weight is 220 g/mol. The van der Waals surface area contributed by atoms with Gasteiger partial charge in [-0.1, -0.05) is 0 Å². The van der Waals surface area contributed by atoms with Crippen LogP contribution in [0.3, 0.4) is 0 Å². The number of amides is 2. The number of nitrogens with one attached hydrogen (secondary N) is 1. The second-order valence-corrected chi connectivity index (χ2v) is 3.59. The molecule has 0 aromatic heterocycles. The van der Waals surface area contributed by atoms with Crippen LogP contribution in [0.15, 0.2) is 18.2 Å². The van der Waals surface area contributed by atoms with Crippen LogP contribution in [0.4, 0.5) is 16.2 Å². The van der Waals surface area contributed by atoms with Crippen LogP contribution in [-0.4, -0.2) is 26.2 Å². The van der Waals surface area contributed by atoms with E-state index in [1.165, 1.54) is 7.11 Å². The van der Waals surface area contributed by atoms with Gasteiger partial charge in [0.1, 0.15) is 0 Å². The second kappa shape index (κ2) is 3.84. The van der Waals surface area contributed by atoms with Crippen molar-refractivity contribution in [2.24, 2.45) is 0 Å². The van der Waals surface area contributed by atoms with E-state index in [1.807, 2.05) is 6.07 Å². The number of rotatable bonds is 1. The zero-order chi connectivity index (χ0) is 11.7. The Morgan fingerprint density at radius 3 is 2.94 bits per heavy atom. The molecule has 84 valence electrons. The molecule has 0 aliphatic carbocycles. The number of benzene rings is 1. The lowest BCUT2D eigenvalue weighted by atomic mass is 10.1. The summed E-state index contributed by atoms with van der Waals surface area (Å²) in [6.07, 6.45) is -0.139. The van der Waals surface area contributed by atoms with Gasteiger partial charge in [-0.3, -0.25) is 10.1 Å². The smallest absolute Gasteiger partial charge is 0.411 e. The van der Waals surface area contributed by atoms with Crippen molar-refractivity contribution in [1.82, 2.24) is 0 Å². The first-order valence-electron chi connectivity index (χ1n) is 4.86. The zero-order valence-electron chi connectivity index (χ0n) is 9.11. The molecule has 16 heavy (non-hydrogen) atoms. The maximum Gasteiger partial charge on any atom is 0.411 e. The Morgan fingerprint density at radius 2 is 2.25 bits per heavy atom. The van der Waals surface area contributed by atoms with E-state index in [-0.39, 0.29) is 5.91 Å². The molecule has 1 aliphatic heterocycles. The van der Waals surface area contributed by atoms with Gasteiger partial charge in [-0.2, -0.15) is 0 Å². The third kappa shape index (κ3) is 1.71. The average Bonchev–Trinajstić information content (AvgIpc) is 2.54. The van der Waals surface area contributed by atoms with E-state index >= 15 is 0 Å². The fourth-order valence-electron chi connectivity index (χ4n) is 1.72. The van der Waals surface area contributed by atoms with Crippen molar-refractivity contribution in [2.75, 3.05) is 24.4 Å². The fourth-order valence-corrected chi connectivity index (χ4v) is 1.72. The standard InChI is InChI=1S/C11H12N2O3/c1-13-9-4-3-8(12-11(15)16-2)5-7(9)6-10(13)14/h3-5H,6H2,1-2H3,(H,12,15). The van der Waals surface area contributed by atoms with Crippen LogP contribution in [-0.2, 0) is 16.0 Å². The van der Waals surface area contributed by atoms with E-state index in [0.717, 1.165) is 11.3 Å². The number of likely N-dealkylation sites (N-methyl/N-ethyl adjacent to an activating group) is 1. The maximum atomic E-state index is 11.4. The van der Waals surface area contributed by atoms with E-state index in [2.05, 4.69) is 10.1 Å². The van der Waals surface area contributed by atoms with Gasteiger partial charge in [0.15, 0.2) is 0 Å².